The second-order valence-electron chi connectivity index (χ2n) is 6.19. The van der Waals surface area contributed by atoms with E-state index in [1.54, 1.807) is 13.2 Å². The number of nitrogens with zero attached hydrogens (tertiary/aromatic N) is 1. The molecule has 28 heavy (non-hydrogen) atoms. The molecule has 1 heterocycles. The molecule has 3 aromatic rings. The van der Waals surface area contributed by atoms with Crippen LogP contribution in [0.4, 0.5) is 11.5 Å². The summed E-state index contributed by atoms with van der Waals surface area (Å²) >= 11 is 0. The molecule has 0 bridgehead atoms. The molecule has 0 aliphatic rings. The molecule has 0 spiro atoms. The SMILES string of the molecule is COc1cccc(CCn2c(N)c(C(=O)O)c3ccc([NH+]([O-])O)cc3c2=O)c1. The first-order chi connectivity index (χ1) is 13.3. The number of hydrogen-bond donors (Lipinski definition) is 4. The number of methoxy groups -OCH3 is 1. The van der Waals surface area contributed by atoms with E-state index in [-0.39, 0.29) is 34.4 Å². The second kappa shape index (κ2) is 7.69. The van der Waals surface area contributed by atoms with Crippen LogP contribution in [0.3, 0.4) is 0 Å². The van der Waals surface area contributed by atoms with Gasteiger partial charge in [-0.3, -0.25) is 9.36 Å². The van der Waals surface area contributed by atoms with Gasteiger partial charge in [0.25, 0.3) is 5.56 Å². The number of nitrogen functional groups attached to an aromatic ring is 1. The van der Waals surface area contributed by atoms with Crippen LogP contribution < -0.4 is 21.3 Å². The fraction of sp³-hybridized carbons (Fsp3) is 0.158. The molecule has 146 valence electrons. The normalized spacial score (nSPS) is 12.1. The molecule has 0 radical (unpaired) electrons. The number of aryl methyl sites for hydroxylation is 1. The molecule has 0 aliphatic carbocycles. The fourth-order valence-electron chi connectivity index (χ4n) is 3.12. The summed E-state index contributed by atoms with van der Waals surface area (Å²) in [5.74, 6) is -0.801. The third kappa shape index (κ3) is 3.54. The lowest BCUT2D eigenvalue weighted by atomic mass is 10.0. The van der Waals surface area contributed by atoms with E-state index in [9.17, 15) is 25.1 Å². The summed E-state index contributed by atoms with van der Waals surface area (Å²) in [6.45, 7) is 0.130. The Morgan fingerprint density at radius 2 is 2.00 bits per heavy atom. The Labute approximate surface area is 159 Å². The van der Waals surface area contributed by atoms with E-state index in [1.807, 2.05) is 18.2 Å². The van der Waals surface area contributed by atoms with E-state index < -0.39 is 16.8 Å². The lowest BCUT2D eigenvalue weighted by molar-refractivity contribution is -0.991. The molecular formula is C19H19N3O6. The van der Waals surface area contributed by atoms with Gasteiger partial charge in [-0.1, -0.05) is 12.1 Å². The van der Waals surface area contributed by atoms with Crippen LogP contribution in [0.5, 0.6) is 5.75 Å². The maximum Gasteiger partial charge on any atom is 0.340 e. The number of fused-ring (bicyclic) bond motifs is 1. The van der Waals surface area contributed by atoms with Crippen molar-refractivity contribution < 1.29 is 25.1 Å². The summed E-state index contributed by atoms with van der Waals surface area (Å²) in [6, 6.07) is 11.0. The third-order valence-corrected chi connectivity index (χ3v) is 4.53. The van der Waals surface area contributed by atoms with Gasteiger partial charge in [-0.05, 0) is 30.2 Å². The van der Waals surface area contributed by atoms with Crippen LogP contribution in [0.15, 0.2) is 47.3 Å². The number of carboxylic acid groups (broad SMARTS) is 1. The van der Waals surface area contributed by atoms with Gasteiger partial charge in [0.2, 0.25) is 0 Å². The van der Waals surface area contributed by atoms with Gasteiger partial charge in [0.1, 0.15) is 17.1 Å². The zero-order valence-corrected chi connectivity index (χ0v) is 15.0. The average molecular weight is 385 g/mol. The lowest BCUT2D eigenvalue weighted by Gasteiger charge is -2.16. The van der Waals surface area contributed by atoms with Crippen molar-refractivity contribution in [1.82, 2.24) is 4.57 Å². The molecule has 9 nitrogen and oxygen atoms in total. The molecule has 1 unspecified atom stereocenters. The third-order valence-electron chi connectivity index (χ3n) is 4.53. The Kier molecular flexibility index (Phi) is 5.32. The summed E-state index contributed by atoms with van der Waals surface area (Å²) in [5.41, 5.74) is 6.02. The molecule has 0 aliphatic heterocycles. The Balaban J connectivity index is 2.12. The molecule has 0 fully saturated rings. The zero-order chi connectivity index (χ0) is 20.4. The van der Waals surface area contributed by atoms with E-state index in [4.69, 9.17) is 10.5 Å². The highest BCUT2D eigenvalue weighted by molar-refractivity contribution is 6.07. The molecule has 9 heteroatoms. The van der Waals surface area contributed by atoms with Gasteiger partial charge in [0.15, 0.2) is 5.69 Å². The minimum atomic E-state index is -1.29. The van der Waals surface area contributed by atoms with Crippen molar-refractivity contribution in [3.63, 3.8) is 0 Å². The number of benzene rings is 2. The zero-order valence-electron chi connectivity index (χ0n) is 15.0. The number of hydrogen-bond acceptors (Lipinski definition) is 6. The van der Waals surface area contributed by atoms with Crippen LogP contribution in [0, 0.1) is 5.21 Å². The topological polar surface area (TPSA) is 142 Å². The van der Waals surface area contributed by atoms with E-state index in [0.717, 1.165) is 10.1 Å². The van der Waals surface area contributed by atoms with Crippen LogP contribution in [0.2, 0.25) is 0 Å². The standard InChI is InChI=1S/C19H19N3O6/c1-28-13-4-2-3-11(9-13)7-8-21-17(20)16(19(24)25)14-6-5-12(22(26)27)10-15(14)18(21)23/h2-6,9-10,22,26H,7-8,20H2,1H3,(H,24,25). The highest BCUT2D eigenvalue weighted by atomic mass is 16.8. The Hall–Kier alpha value is -3.40. The first kappa shape index (κ1) is 19.4. The Morgan fingerprint density at radius 1 is 1.25 bits per heavy atom. The molecule has 1 atom stereocenters. The van der Waals surface area contributed by atoms with Crippen molar-refractivity contribution in [3.05, 3.63) is 69.2 Å². The largest absolute Gasteiger partial charge is 0.595 e. The van der Waals surface area contributed by atoms with Gasteiger partial charge in [-0.25, -0.2) is 10.0 Å². The number of quaternary nitrogens is 1. The van der Waals surface area contributed by atoms with E-state index in [1.165, 1.54) is 18.2 Å². The van der Waals surface area contributed by atoms with Crippen LogP contribution in [0.25, 0.3) is 10.8 Å². The van der Waals surface area contributed by atoms with Crippen LogP contribution in [0.1, 0.15) is 15.9 Å². The molecule has 2 aromatic carbocycles. The van der Waals surface area contributed by atoms with Gasteiger partial charge in [-0.15, -0.1) is 0 Å². The highest BCUT2D eigenvalue weighted by Gasteiger charge is 2.21. The second-order valence-corrected chi connectivity index (χ2v) is 6.19. The first-order valence-corrected chi connectivity index (χ1v) is 8.39. The molecule has 5 N–H and O–H groups in total. The van der Waals surface area contributed by atoms with Crippen LogP contribution >= 0.6 is 0 Å². The Morgan fingerprint density at radius 3 is 2.64 bits per heavy atom. The number of anilines is 1. The van der Waals surface area contributed by atoms with Crippen molar-refractivity contribution in [2.24, 2.45) is 0 Å². The van der Waals surface area contributed by atoms with Crippen molar-refractivity contribution >= 4 is 28.2 Å². The highest BCUT2D eigenvalue weighted by Crippen LogP contribution is 2.24. The summed E-state index contributed by atoms with van der Waals surface area (Å²) < 4.78 is 6.34. The fourth-order valence-corrected chi connectivity index (χ4v) is 3.12. The molecule has 1 aromatic heterocycles. The van der Waals surface area contributed by atoms with Gasteiger partial charge < -0.3 is 20.8 Å². The van der Waals surface area contributed by atoms with Gasteiger partial charge >= 0.3 is 5.97 Å². The van der Waals surface area contributed by atoms with E-state index >= 15 is 0 Å². The predicted molar refractivity (Wildman–Crippen MR) is 102 cm³/mol. The summed E-state index contributed by atoms with van der Waals surface area (Å²) in [4.78, 5) is 24.7. The molecule has 0 amide bonds. The van der Waals surface area contributed by atoms with Gasteiger partial charge in [-0.2, -0.15) is 5.23 Å². The van der Waals surface area contributed by atoms with Crippen molar-refractivity contribution in [3.8, 4) is 5.75 Å². The number of carboxylic acids is 1. The smallest absolute Gasteiger partial charge is 0.340 e. The minimum absolute atomic E-state index is 0.00265. The average Bonchev–Trinajstić information content (AvgIpc) is 2.67. The monoisotopic (exact) mass is 385 g/mol. The van der Waals surface area contributed by atoms with Crippen molar-refractivity contribution in [1.29, 1.82) is 0 Å². The Bertz CT molecular complexity index is 1110. The van der Waals surface area contributed by atoms with Crippen LogP contribution in [-0.2, 0) is 13.0 Å². The number of pyridine rings is 1. The maximum absolute atomic E-state index is 12.9. The summed E-state index contributed by atoms with van der Waals surface area (Å²) in [7, 11) is 1.55. The first-order valence-electron chi connectivity index (χ1n) is 8.39. The number of aromatic carboxylic acids is 1. The lowest BCUT2D eigenvalue weighted by Crippen LogP contribution is -2.99. The number of nitrogens with two attached hydrogens (primary N) is 1. The maximum atomic E-state index is 12.9. The van der Waals surface area contributed by atoms with Crippen molar-refractivity contribution in [2.45, 2.75) is 13.0 Å². The quantitative estimate of drug-likeness (QED) is 0.462. The van der Waals surface area contributed by atoms with Gasteiger partial charge in [0, 0.05) is 24.1 Å². The minimum Gasteiger partial charge on any atom is -0.595 e. The molecule has 3 rings (SSSR count). The van der Waals surface area contributed by atoms with Crippen molar-refractivity contribution in [2.75, 3.05) is 12.8 Å². The van der Waals surface area contributed by atoms with Gasteiger partial charge in [0.05, 0.1) is 12.5 Å². The molecule has 0 saturated carbocycles. The van der Waals surface area contributed by atoms with E-state index in [0.29, 0.717) is 12.2 Å². The molecule has 0 saturated heterocycles. The molecular weight excluding hydrogens is 366 g/mol. The van der Waals surface area contributed by atoms with E-state index in [2.05, 4.69) is 0 Å². The number of rotatable bonds is 6. The van der Waals surface area contributed by atoms with Crippen LogP contribution in [-0.4, -0.2) is 28.0 Å². The number of nitrogens with one attached hydrogen (secondary N) is 1. The predicted octanol–water partition coefficient (Wildman–Crippen LogP) is 0.937. The number of aromatic nitrogens is 1. The number of carbonyl (C=O) groups is 1. The number of ether oxygens (including phenoxy) is 1. The summed E-state index contributed by atoms with van der Waals surface area (Å²) in [5, 5.41) is 28.9. The summed E-state index contributed by atoms with van der Waals surface area (Å²) in [6.07, 6.45) is 0.407.